The highest BCUT2D eigenvalue weighted by Gasteiger charge is 2.36. The summed E-state index contributed by atoms with van der Waals surface area (Å²) in [5.41, 5.74) is 0. The van der Waals surface area contributed by atoms with E-state index in [1.807, 2.05) is 0 Å². The molecule has 2 aliphatic rings. The van der Waals surface area contributed by atoms with Gasteiger partial charge in [0, 0.05) is 17.6 Å². The van der Waals surface area contributed by atoms with Crippen molar-refractivity contribution in [1.82, 2.24) is 9.62 Å². The Morgan fingerprint density at radius 3 is 2.20 bits per heavy atom. The lowest BCUT2D eigenvalue weighted by Crippen LogP contribution is -2.52. The quantitative estimate of drug-likeness (QED) is 0.853. The van der Waals surface area contributed by atoms with Crippen LogP contribution >= 0.6 is 28.3 Å². The molecule has 2 fully saturated rings. The summed E-state index contributed by atoms with van der Waals surface area (Å²) in [7, 11) is -3.34. The van der Waals surface area contributed by atoms with Gasteiger partial charge in [-0.15, -0.1) is 12.4 Å². The van der Waals surface area contributed by atoms with Gasteiger partial charge < -0.3 is 5.32 Å². The van der Waals surface area contributed by atoms with Gasteiger partial charge in [0.2, 0.25) is 10.0 Å². The van der Waals surface area contributed by atoms with Crippen molar-refractivity contribution in [3.63, 3.8) is 0 Å². The van der Waals surface area contributed by atoms with Crippen molar-refractivity contribution in [3.05, 3.63) is 28.7 Å². The zero-order chi connectivity index (χ0) is 13.5. The molecule has 3 rings (SSSR count). The molecule has 2 heterocycles. The fraction of sp³-hybridized carbons (Fsp3) is 0.538. The maximum Gasteiger partial charge on any atom is 0.243 e. The number of fused-ring (bicyclic) bond motifs is 2. The monoisotopic (exact) mass is 380 g/mol. The molecule has 2 bridgehead atoms. The molecule has 1 aromatic carbocycles. The van der Waals surface area contributed by atoms with Crippen molar-refractivity contribution in [1.29, 1.82) is 0 Å². The Bertz CT molecular complexity index is 552. The summed E-state index contributed by atoms with van der Waals surface area (Å²) in [6.45, 7) is 3.15. The molecular weight excluding hydrogens is 364 g/mol. The van der Waals surface area contributed by atoms with Crippen LogP contribution in [0.1, 0.15) is 6.42 Å². The summed E-state index contributed by atoms with van der Waals surface area (Å²) in [4.78, 5) is 0.392. The van der Waals surface area contributed by atoms with Crippen LogP contribution in [0.25, 0.3) is 0 Å². The van der Waals surface area contributed by atoms with Crippen LogP contribution in [-0.4, -0.2) is 38.9 Å². The fourth-order valence-corrected chi connectivity index (χ4v) is 4.87. The average Bonchev–Trinajstić information content (AvgIpc) is 2.38. The average molecular weight is 382 g/mol. The summed E-state index contributed by atoms with van der Waals surface area (Å²) >= 11 is 3.33. The highest BCUT2D eigenvalue weighted by atomic mass is 79.9. The van der Waals surface area contributed by atoms with Gasteiger partial charge in [-0.2, -0.15) is 4.31 Å². The molecule has 0 unspecified atom stereocenters. The second-order valence-electron chi connectivity index (χ2n) is 5.40. The topological polar surface area (TPSA) is 49.4 Å². The van der Waals surface area contributed by atoms with Crippen molar-refractivity contribution in [3.8, 4) is 0 Å². The Morgan fingerprint density at radius 1 is 1.10 bits per heavy atom. The van der Waals surface area contributed by atoms with E-state index in [1.165, 1.54) is 0 Å². The Morgan fingerprint density at radius 2 is 1.65 bits per heavy atom. The highest BCUT2D eigenvalue weighted by Crippen LogP contribution is 2.29. The van der Waals surface area contributed by atoms with Crippen LogP contribution in [0.5, 0.6) is 0 Å². The molecule has 0 amide bonds. The van der Waals surface area contributed by atoms with Gasteiger partial charge in [0.05, 0.1) is 4.90 Å². The second-order valence-corrected chi connectivity index (χ2v) is 8.26. The van der Waals surface area contributed by atoms with E-state index in [9.17, 15) is 8.42 Å². The summed E-state index contributed by atoms with van der Waals surface area (Å²) < 4.78 is 27.8. The molecule has 0 aliphatic carbocycles. The molecule has 20 heavy (non-hydrogen) atoms. The van der Waals surface area contributed by atoms with Gasteiger partial charge >= 0.3 is 0 Å². The van der Waals surface area contributed by atoms with Gasteiger partial charge in [-0.1, -0.05) is 15.9 Å². The number of rotatable bonds is 2. The van der Waals surface area contributed by atoms with Crippen molar-refractivity contribution in [2.24, 2.45) is 11.8 Å². The van der Waals surface area contributed by atoms with Crippen molar-refractivity contribution >= 4 is 38.4 Å². The molecule has 1 aromatic rings. The predicted octanol–water partition coefficient (Wildman–Crippen LogP) is 2.10. The standard InChI is InChI=1S/C13H17BrN2O2S.ClH/c14-12-1-3-13(4-2-12)19(17,18)16-8-10-5-11(9-16)7-15-6-10;/h1-4,10-11,15H,5-9H2;1H/t10-,11+;. The van der Waals surface area contributed by atoms with Gasteiger partial charge in [0.15, 0.2) is 0 Å². The molecule has 0 aromatic heterocycles. The first kappa shape index (κ1) is 16.2. The van der Waals surface area contributed by atoms with E-state index in [0.29, 0.717) is 29.8 Å². The van der Waals surface area contributed by atoms with Crippen LogP contribution in [0.3, 0.4) is 0 Å². The summed E-state index contributed by atoms with van der Waals surface area (Å²) in [5.74, 6) is 0.912. The molecule has 4 nitrogen and oxygen atoms in total. The first-order chi connectivity index (χ1) is 9.05. The normalized spacial score (nSPS) is 26.9. The van der Waals surface area contributed by atoms with Crippen molar-refractivity contribution in [2.75, 3.05) is 26.2 Å². The number of piperidine rings is 2. The van der Waals surface area contributed by atoms with E-state index < -0.39 is 10.0 Å². The van der Waals surface area contributed by atoms with Crippen molar-refractivity contribution < 1.29 is 8.42 Å². The molecule has 0 spiro atoms. The second kappa shape index (κ2) is 6.32. The van der Waals surface area contributed by atoms with Crippen LogP contribution in [0.2, 0.25) is 0 Å². The maximum absolute atomic E-state index is 12.6. The van der Waals surface area contributed by atoms with Crippen LogP contribution in [0.4, 0.5) is 0 Å². The van der Waals surface area contributed by atoms with Gasteiger partial charge in [0.1, 0.15) is 0 Å². The summed E-state index contributed by atoms with van der Waals surface area (Å²) in [5, 5.41) is 3.38. The van der Waals surface area contributed by atoms with Crippen LogP contribution in [0.15, 0.2) is 33.6 Å². The molecular formula is C13H18BrClN2O2S. The van der Waals surface area contributed by atoms with E-state index in [0.717, 1.165) is 24.0 Å². The van der Waals surface area contributed by atoms with Gasteiger partial charge in [-0.25, -0.2) is 8.42 Å². The van der Waals surface area contributed by atoms with Crippen molar-refractivity contribution in [2.45, 2.75) is 11.3 Å². The number of halogens is 2. The smallest absolute Gasteiger partial charge is 0.243 e. The minimum absolute atomic E-state index is 0. The van der Waals surface area contributed by atoms with Gasteiger partial charge in [-0.3, -0.25) is 0 Å². The number of hydrogen-bond acceptors (Lipinski definition) is 3. The largest absolute Gasteiger partial charge is 0.316 e. The minimum atomic E-state index is -3.34. The van der Waals surface area contributed by atoms with E-state index in [-0.39, 0.29) is 12.4 Å². The number of benzene rings is 1. The van der Waals surface area contributed by atoms with Crippen LogP contribution in [0, 0.1) is 11.8 Å². The van der Waals surface area contributed by atoms with Crippen LogP contribution < -0.4 is 5.32 Å². The number of sulfonamides is 1. The first-order valence-electron chi connectivity index (χ1n) is 6.52. The Hall–Kier alpha value is -0.140. The highest BCUT2D eigenvalue weighted by molar-refractivity contribution is 9.10. The third-order valence-corrected chi connectivity index (χ3v) is 6.28. The first-order valence-corrected chi connectivity index (χ1v) is 8.75. The zero-order valence-electron chi connectivity index (χ0n) is 11.0. The third-order valence-electron chi connectivity index (χ3n) is 3.91. The lowest BCUT2D eigenvalue weighted by molar-refractivity contribution is 0.158. The third kappa shape index (κ3) is 3.20. The lowest BCUT2D eigenvalue weighted by atomic mass is 9.87. The molecule has 7 heteroatoms. The summed E-state index contributed by atoms with van der Waals surface area (Å²) in [6.07, 6.45) is 1.15. The lowest BCUT2D eigenvalue weighted by Gasteiger charge is -2.40. The van der Waals surface area contributed by atoms with Crippen LogP contribution in [-0.2, 0) is 10.0 Å². The Labute approximate surface area is 134 Å². The molecule has 112 valence electrons. The van der Waals surface area contributed by atoms with E-state index in [4.69, 9.17) is 0 Å². The fourth-order valence-electron chi connectivity index (χ4n) is 3.01. The Kier molecular flexibility index (Phi) is 5.13. The van der Waals surface area contributed by atoms with E-state index >= 15 is 0 Å². The summed E-state index contributed by atoms with van der Waals surface area (Å²) in [6, 6.07) is 6.89. The SMILES string of the molecule is Cl.O=S(=O)(c1ccc(Br)cc1)N1C[C@@H]2CNC[C@@H](C2)C1. The van der Waals surface area contributed by atoms with E-state index in [2.05, 4.69) is 21.2 Å². The number of nitrogens with zero attached hydrogens (tertiary/aromatic N) is 1. The minimum Gasteiger partial charge on any atom is -0.316 e. The molecule has 1 N–H and O–H groups in total. The zero-order valence-corrected chi connectivity index (χ0v) is 14.2. The molecule has 0 saturated carbocycles. The molecule has 2 saturated heterocycles. The maximum atomic E-state index is 12.6. The molecule has 0 radical (unpaired) electrons. The molecule has 2 aliphatic heterocycles. The van der Waals surface area contributed by atoms with E-state index in [1.54, 1.807) is 28.6 Å². The number of nitrogens with one attached hydrogen (secondary N) is 1. The molecule has 2 atom stereocenters. The predicted molar refractivity (Wildman–Crippen MR) is 84.6 cm³/mol. The van der Waals surface area contributed by atoms with Gasteiger partial charge in [0.25, 0.3) is 0 Å². The Balaban J connectivity index is 0.00000147. The number of hydrogen-bond donors (Lipinski definition) is 1. The van der Waals surface area contributed by atoms with Gasteiger partial charge in [-0.05, 0) is 55.6 Å².